The van der Waals surface area contributed by atoms with Crippen LogP contribution in [0.5, 0.6) is 0 Å². The molecule has 2 aromatic rings. The first kappa shape index (κ1) is 18.5. The van der Waals surface area contributed by atoms with Crippen molar-refractivity contribution in [2.75, 3.05) is 38.2 Å². The van der Waals surface area contributed by atoms with Crippen molar-refractivity contribution in [2.45, 2.75) is 13.3 Å². The van der Waals surface area contributed by atoms with Crippen LogP contribution in [0.2, 0.25) is 0 Å². The topological polar surface area (TPSA) is 97.6 Å². The molecule has 3 rings (SSSR count). The number of carbonyl (C=O) groups excluding carboxylic acids is 2. The van der Waals surface area contributed by atoms with E-state index in [1.807, 2.05) is 6.92 Å². The third-order valence-electron chi connectivity index (χ3n) is 4.25. The number of aromatic nitrogens is 1. The summed E-state index contributed by atoms with van der Waals surface area (Å²) < 4.78 is 5.30. The molecule has 2 amide bonds. The molecular formula is C18H22N4O3S. The maximum absolute atomic E-state index is 12.7. The molecular weight excluding hydrogens is 352 g/mol. The highest BCUT2D eigenvalue weighted by Crippen LogP contribution is 2.22. The molecule has 8 heteroatoms. The van der Waals surface area contributed by atoms with Gasteiger partial charge in [0.2, 0.25) is 0 Å². The number of nitrogens with one attached hydrogen (secondary N) is 1. The van der Waals surface area contributed by atoms with Crippen LogP contribution in [0.1, 0.15) is 31.4 Å². The van der Waals surface area contributed by atoms with E-state index in [1.54, 1.807) is 28.5 Å². The molecule has 0 spiro atoms. The highest BCUT2D eigenvalue weighted by molar-refractivity contribution is 7.09. The number of carbonyl (C=O) groups is 2. The van der Waals surface area contributed by atoms with Gasteiger partial charge in [-0.3, -0.25) is 9.59 Å². The molecule has 2 heterocycles. The molecule has 0 saturated carbocycles. The van der Waals surface area contributed by atoms with Crippen LogP contribution in [0.3, 0.4) is 0 Å². The number of nitrogens with two attached hydrogens (primary N) is 1. The van der Waals surface area contributed by atoms with Crippen molar-refractivity contribution in [3.05, 3.63) is 45.4 Å². The van der Waals surface area contributed by atoms with Crippen LogP contribution in [-0.2, 0) is 11.2 Å². The quantitative estimate of drug-likeness (QED) is 0.830. The zero-order valence-corrected chi connectivity index (χ0v) is 15.5. The zero-order valence-electron chi connectivity index (χ0n) is 14.7. The van der Waals surface area contributed by atoms with Crippen molar-refractivity contribution < 1.29 is 14.3 Å². The van der Waals surface area contributed by atoms with E-state index in [2.05, 4.69) is 10.3 Å². The van der Waals surface area contributed by atoms with Gasteiger partial charge in [0.05, 0.1) is 18.2 Å². The van der Waals surface area contributed by atoms with Crippen molar-refractivity contribution in [1.82, 2.24) is 9.88 Å². The number of hydrogen-bond donors (Lipinski definition) is 2. The van der Waals surface area contributed by atoms with E-state index in [9.17, 15) is 9.59 Å². The molecule has 0 bridgehead atoms. The molecule has 138 valence electrons. The summed E-state index contributed by atoms with van der Waals surface area (Å²) in [5.74, 6) is -0.329. The van der Waals surface area contributed by atoms with Crippen molar-refractivity contribution >= 4 is 28.8 Å². The zero-order chi connectivity index (χ0) is 18.5. The monoisotopic (exact) mass is 374 g/mol. The molecule has 0 aliphatic carbocycles. The fourth-order valence-corrected chi connectivity index (χ4v) is 3.57. The van der Waals surface area contributed by atoms with Crippen LogP contribution >= 0.6 is 11.3 Å². The van der Waals surface area contributed by atoms with E-state index in [0.29, 0.717) is 56.2 Å². The Kier molecular flexibility index (Phi) is 5.97. The van der Waals surface area contributed by atoms with Crippen molar-refractivity contribution in [2.24, 2.45) is 5.73 Å². The van der Waals surface area contributed by atoms with E-state index in [1.165, 1.54) is 11.3 Å². The first-order chi connectivity index (χ1) is 12.6. The Bertz CT molecular complexity index is 799. The van der Waals surface area contributed by atoms with Gasteiger partial charge in [-0.1, -0.05) is 6.07 Å². The minimum Gasteiger partial charge on any atom is -0.378 e. The third-order valence-corrected chi connectivity index (χ3v) is 5.16. The summed E-state index contributed by atoms with van der Waals surface area (Å²) in [6.07, 6.45) is 0.653. The predicted octanol–water partition coefficient (Wildman–Crippen LogP) is 1.68. The summed E-state index contributed by atoms with van der Waals surface area (Å²) in [5.41, 5.74) is 7.83. The maximum atomic E-state index is 12.7. The van der Waals surface area contributed by atoms with Gasteiger partial charge in [-0.05, 0) is 31.2 Å². The number of thiazole rings is 1. The Morgan fingerprint density at radius 3 is 2.85 bits per heavy atom. The SMILES string of the molecule is Cc1c(NC(=O)c2csc(CCN)n2)cccc1C(=O)N1CCOCC1. The Morgan fingerprint density at radius 2 is 2.12 bits per heavy atom. The molecule has 1 aromatic carbocycles. The van der Waals surface area contributed by atoms with Gasteiger partial charge in [-0.15, -0.1) is 11.3 Å². The van der Waals surface area contributed by atoms with E-state index in [-0.39, 0.29) is 11.8 Å². The average molecular weight is 374 g/mol. The fraction of sp³-hybridized carbons (Fsp3) is 0.389. The van der Waals surface area contributed by atoms with Crippen molar-refractivity contribution in [3.8, 4) is 0 Å². The number of nitrogens with zero attached hydrogens (tertiary/aromatic N) is 2. The van der Waals surface area contributed by atoms with Gasteiger partial charge >= 0.3 is 0 Å². The van der Waals surface area contributed by atoms with E-state index in [4.69, 9.17) is 10.5 Å². The van der Waals surface area contributed by atoms with E-state index < -0.39 is 0 Å². The Labute approximate surface area is 156 Å². The second-order valence-electron chi connectivity index (χ2n) is 6.00. The largest absolute Gasteiger partial charge is 0.378 e. The number of rotatable bonds is 5. The number of hydrogen-bond acceptors (Lipinski definition) is 6. The summed E-state index contributed by atoms with van der Waals surface area (Å²) >= 11 is 1.42. The van der Waals surface area contributed by atoms with Gasteiger partial charge in [-0.2, -0.15) is 0 Å². The van der Waals surface area contributed by atoms with Crippen LogP contribution < -0.4 is 11.1 Å². The van der Waals surface area contributed by atoms with E-state index >= 15 is 0 Å². The lowest BCUT2D eigenvalue weighted by molar-refractivity contribution is 0.0302. The summed E-state index contributed by atoms with van der Waals surface area (Å²) in [6, 6.07) is 5.35. The Hall–Kier alpha value is -2.29. The van der Waals surface area contributed by atoms with Gasteiger partial charge < -0.3 is 20.7 Å². The molecule has 0 atom stereocenters. The van der Waals surface area contributed by atoms with Crippen molar-refractivity contribution in [3.63, 3.8) is 0 Å². The maximum Gasteiger partial charge on any atom is 0.275 e. The Morgan fingerprint density at radius 1 is 1.35 bits per heavy atom. The second-order valence-corrected chi connectivity index (χ2v) is 6.94. The number of amides is 2. The molecule has 0 radical (unpaired) electrons. The summed E-state index contributed by atoms with van der Waals surface area (Å²) in [7, 11) is 0. The average Bonchev–Trinajstić information content (AvgIpc) is 3.13. The highest BCUT2D eigenvalue weighted by atomic mass is 32.1. The normalized spacial score (nSPS) is 14.3. The van der Waals surface area contributed by atoms with Gasteiger partial charge in [-0.25, -0.2) is 4.98 Å². The number of anilines is 1. The lowest BCUT2D eigenvalue weighted by atomic mass is 10.0. The lowest BCUT2D eigenvalue weighted by Crippen LogP contribution is -2.41. The molecule has 7 nitrogen and oxygen atoms in total. The smallest absolute Gasteiger partial charge is 0.275 e. The molecule has 3 N–H and O–H groups in total. The number of ether oxygens (including phenoxy) is 1. The van der Waals surface area contributed by atoms with Gasteiger partial charge in [0.15, 0.2) is 0 Å². The molecule has 0 unspecified atom stereocenters. The van der Waals surface area contributed by atoms with Gasteiger partial charge in [0.25, 0.3) is 11.8 Å². The highest BCUT2D eigenvalue weighted by Gasteiger charge is 2.21. The molecule has 1 saturated heterocycles. The standard InChI is InChI=1S/C18H22N4O3S/c1-12-13(18(24)22-7-9-25-10-8-22)3-2-4-14(12)21-17(23)15-11-26-16(20-15)5-6-19/h2-4,11H,5-10,19H2,1H3,(H,21,23). The molecule has 1 aromatic heterocycles. The Balaban J connectivity index is 1.75. The molecule has 26 heavy (non-hydrogen) atoms. The van der Waals surface area contributed by atoms with Gasteiger partial charge in [0.1, 0.15) is 5.69 Å². The first-order valence-corrected chi connectivity index (χ1v) is 9.40. The molecule has 1 fully saturated rings. The second kappa shape index (κ2) is 8.39. The van der Waals surface area contributed by atoms with Crippen LogP contribution in [0.15, 0.2) is 23.6 Å². The number of benzene rings is 1. The summed E-state index contributed by atoms with van der Waals surface area (Å²) in [6.45, 7) is 4.60. The van der Waals surface area contributed by atoms with Gasteiger partial charge in [0, 0.05) is 36.1 Å². The van der Waals surface area contributed by atoms with Crippen molar-refractivity contribution in [1.29, 1.82) is 0 Å². The minimum atomic E-state index is -0.288. The fourth-order valence-electron chi connectivity index (χ4n) is 2.78. The van der Waals surface area contributed by atoms with Crippen LogP contribution in [0, 0.1) is 6.92 Å². The van der Waals surface area contributed by atoms with Crippen LogP contribution in [0.4, 0.5) is 5.69 Å². The molecule has 1 aliphatic rings. The summed E-state index contributed by atoms with van der Waals surface area (Å²) in [4.78, 5) is 31.3. The minimum absolute atomic E-state index is 0.0409. The van der Waals surface area contributed by atoms with Crippen LogP contribution in [-0.4, -0.2) is 54.5 Å². The lowest BCUT2D eigenvalue weighted by Gasteiger charge is -2.27. The first-order valence-electron chi connectivity index (χ1n) is 8.52. The summed E-state index contributed by atoms with van der Waals surface area (Å²) in [5, 5.41) is 5.42. The molecule has 1 aliphatic heterocycles. The number of morpholine rings is 1. The van der Waals surface area contributed by atoms with Crippen LogP contribution in [0.25, 0.3) is 0 Å². The predicted molar refractivity (Wildman–Crippen MR) is 101 cm³/mol. The third kappa shape index (κ3) is 4.09. The van der Waals surface area contributed by atoms with E-state index in [0.717, 1.165) is 10.6 Å².